The molecule has 0 saturated heterocycles. The molecule has 0 atom stereocenters. The number of carbonyl (C=O) groups is 2. The third kappa shape index (κ3) is 5.50. The van der Waals surface area contributed by atoms with Crippen molar-refractivity contribution >= 4 is 35.2 Å². The van der Waals surface area contributed by atoms with Gasteiger partial charge in [0.05, 0.1) is 19.2 Å². The van der Waals surface area contributed by atoms with E-state index in [0.717, 1.165) is 0 Å². The van der Waals surface area contributed by atoms with Crippen LogP contribution in [0.5, 0.6) is 11.5 Å². The summed E-state index contributed by atoms with van der Waals surface area (Å²) in [5, 5.41) is 12.1. The van der Waals surface area contributed by atoms with Crippen molar-refractivity contribution in [3.05, 3.63) is 58.6 Å². The molecule has 0 heterocycles. The van der Waals surface area contributed by atoms with Crippen LogP contribution >= 0.6 is 11.6 Å². The summed E-state index contributed by atoms with van der Waals surface area (Å²) in [6, 6.07) is 13.7. The van der Waals surface area contributed by atoms with Crippen molar-refractivity contribution in [2.45, 2.75) is 0 Å². The normalized spacial score (nSPS) is 10.6. The molecule has 0 bridgehead atoms. The Hall–Kier alpha value is -3.50. The molecule has 0 aliphatic carbocycles. The molecule has 0 saturated carbocycles. The summed E-state index contributed by atoms with van der Waals surface area (Å²) >= 11 is 6.21. The number of hydrogen-bond donors (Lipinski definition) is 1. The Morgan fingerprint density at radius 2 is 1.93 bits per heavy atom. The van der Waals surface area contributed by atoms with Crippen LogP contribution in [0.15, 0.2) is 48.0 Å². The minimum absolute atomic E-state index is 0.120. The first kappa shape index (κ1) is 20.8. The van der Waals surface area contributed by atoms with E-state index in [1.54, 1.807) is 24.3 Å². The van der Waals surface area contributed by atoms with Crippen molar-refractivity contribution in [2.75, 3.05) is 26.1 Å². The zero-order chi connectivity index (χ0) is 20.5. The fourth-order valence-corrected chi connectivity index (χ4v) is 2.46. The maximum absolute atomic E-state index is 12.3. The lowest BCUT2D eigenvalue weighted by Gasteiger charge is -2.12. The largest absolute Gasteiger partial charge is 0.493 e. The average Bonchev–Trinajstić information content (AvgIpc) is 2.71. The van der Waals surface area contributed by atoms with Crippen LogP contribution in [-0.4, -0.2) is 32.7 Å². The highest BCUT2D eigenvalue weighted by Crippen LogP contribution is 2.37. The van der Waals surface area contributed by atoms with Gasteiger partial charge in [0, 0.05) is 5.69 Å². The Balaban J connectivity index is 2.27. The quantitative estimate of drug-likeness (QED) is 0.434. The topological polar surface area (TPSA) is 97.7 Å². The predicted molar refractivity (Wildman–Crippen MR) is 104 cm³/mol. The number of anilines is 1. The molecule has 0 unspecified atom stereocenters. The van der Waals surface area contributed by atoms with Crippen LogP contribution in [0, 0.1) is 11.3 Å². The molecule has 0 aliphatic heterocycles. The zero-order valence-corrected chi connectivity index (χ0v) is 15.9. The first-order valence-corrected chi connectivity index (χ1v) is 8.41. The molecule has 1 amide bonds. The van der Waals surface area contributed by atoms with Gasteiger partial charge in [0.2, 0.25) is 0 Å². The van der Waals surface area contributed by atoms with Crippen LogP contribution in [-0.2, 0) is 14.3 Å². The van der Waals surface area contributed by atoms with Crippen molar-refractivity contribution in [3.8, 4) is 17.6 Å². The monoisotopic (exact) mass is 400 g/mol. The van der Waals surface area contributed by atoms with Gasteiger partial charge in [0.1, 0.15) is 11.6 Å². The van der Waals surface area contributed by atoms with Gasteiger partial charge in [-0.2, -0.15) is 5.26 Å². The van der Waals surface area contributed by atoms with Crippen molar-refractivity contribution in [2.24, 2.45) is 0 Å². The summed E-state index contributed by atoms with van der Waals surface area (Å²) in [5.74, 6) is -0.747. The summed E-state index contributed by atoms with van der Waals surface area (Å²) in [6.07, 6.45) is 1.37. The van der Waals surface area contributed by atoms with Gasteiger partial charge in [-0.3, -0.25) is 4.79 Å². The second kappa shape index (κ2) is 10.00. The zero-order valence-electron chi connectivity index (χ0n) is 15.2. The van der Waals surface area contributed by atoms with E-state index >= 15 is 0 Å². The number of rotatable bonds is 7. The van der Waals surface area contributed by atoms with Crippen LogP contribution in [0.4, 0.5) is 5.69 Å². The molecule has 8 heteroatoms. The smallest absolute Gasteiger partial charge is 0.343 e. The average molecular weight is 401 g/mol. The number of benzene rings is 2. The second-order valence-corrected chi connectivity index (χ2v) is 5.80. The number of ether oxygens (including phenoxy) is 3. The number of nitrogens with one attached hydrogen (secondary N) is 1. The van der Waals surface area contributed by atoms with Gasteiger partial charge in [0.25, 0.3) is 5.91 Å². The van der Waals surface area contributed by atoms with E-state index in [-0.39, 0.29) is 28.7 Å². The van der Waals surface area contributed by atoms with Crippen LogP contribution in [0.1, 0.15) is 5.56 Å². The highest BCUT2D eigenvalue weighted by molar-refractivity contribution is 6.32. The summed E-state index contributed by atoms with van der Waals surface area (Å²) in [5.41, 5.74) is 0.896. The lowest BCUT2D eigenvalue weighted by Crippen LogP contribution is -2.13. The van der Waals surface area contributed by atoms with Gasteiger partial charge in [-0.15, -0.1) is 0 Å². The number of halogens is 1. The highest BCUT2D eigenvalue weighted by atomic mass is 35.5. The van der Waals surface area contributed by atoms with Crippen LogP contribution in [0.25, 0.3) is 6.08 Å². The van der Waals surface area contributed by atoms with E-state index in [2.05, 4.69) is 10.1 Å². The minimum atomic E-state index is -0.577. The van der Waals surface area contributed by atoms with Crippen LogP contribution < -0.4 is 14.8 Å². The molecule has 0 aromatic heterocycles. The SMILES string of the molecule is COC(=O)COc1c(Cl)cc(/C=C(\C#N)C(=O)Nc2ccccc2)cc1OC. The molecule has 2 rings (SSSR count). The number of nitriles is 1. The van der Waals surface area contributed by atoms with E-state index < -0.39 is 11.9 Å². The van der Waals surface area contributed by atoms with Crippen molar-refractivity contribution < 1.29 is 23.8 Å². The second-order valence-electron chi connectivity index (χ2n) is 5.39. The van der Waals surface area contributed by atoms with Crippen LogP contribution in [0.3, 0.4) is 0 Å². The molecule has 2 aromatic carbocycles. The highest BCUT2D eigenvalue weighted by Gasteiger charge is 2.15. The van der Waals surface area contributed by atoms with Crippen molar-refractivity contribution in [3.63, 3.8) is 0 Å². The first-order valence-electron chi connectivity index (χ1n) is 8.03. The van der Waals surface area contributed by atoms with Gasteiger partial charge in [0.15, 0.2) is 18.1 Å². The van der Waals surface area contributed by atoms with Gasteiger partial charge in [-0.1, -0.05) is 29.8 Å². The summed E-state index contributed by atoms with van der Waals surface area (Å²) in [7, 11) is 2.64. The molecular weight excluding hydrogens is 384 g/mol. The Morgan fingerprint density at radius 3 is 2.54 bits per heavy atom. The fraction of sp³-hybridized carbons (Fsp3) is 0.150. The number of nitrogens with zero attached hydrogens (tertiary/aromatic N) is 1. The molecule has 0 aliphatic rings. The Kier molecular flexibility index (Phi) is 7.43. The molecule has 0 spiro atoms. The lowest BCUT2D eigenvalue weighted by molar-refractivity contribution is -0.142. The number of methoxy groups -OCH3 is 2. The van der Waals surface area contributed by atoms with Crippen molar-refractivity contribution in [1.82, 2.24) is 0 Å². The number of carbonyl (C=O) groups excluding carboxylic acids is 2. The molecule has 1 N–H and O–H groups in total. The minimum Gasteiger partial charge on any atom is -0.493 e. The predicted octanol–water partition coefficient (Wildman–Crippen LogP) is 3.45. The Labute approximate surface area is 167 Å². The van der Waals surface area contributed by atoms with Gasteiger partial charge >= 0.3 is 5.97 Å². The molecule has 7 nitrogen and oxygen atoms in total. The Morgan fingerprint density at radius 1 is 1.21 bits per heavy atom. The summed E-state index contributed by atoms with van der Waals surface area (Å²) < 4.78 is 15.1. The maximum Gasteiger partial charge on any atom is 0.343 e. The summed E-state index contributed by atoms with van der Waals surface area (Å²) in [4.78, 5) is 23.6. The van der Waals surface area contributed by atoms with Crippen molar-refractivity contribution in [1.29, 1.82) is 5.26 Å². The Bertz CT molecular complexity index is 936. The molecule has 28 heavy (non-hydrogen) atoms. The van der Waals surface area contributed by atoms with Crippen LogP contribution in [0.2, 0.25) is 5.02 Å². The van der Waals surface area contributed by atoms with Gasteiger partial charge in [-0.05, 0) is 35.9 Å². The number of esters is 1. The standard InChI is InChI=1S/C20H17ClN2O5/c1-26-17-10-13(9-16(21)19(17)28-12-18(24)27-2)8-14(11-22)20(25)23-15-6-4-3-5-7-15/h3-10H,12H2,1-2H3,(H,23,25)/b14-8+. The van der Waals surface area contributed by atoms with E-state index in [0.29, 0.717) is 11.3 Å². The fourth-order valence-electron chi connectivity index (χ4n) is 2.19. The van der Waals surface area contributed by atoms with E-state index in [4.69, 9.17) is 21.1 Å². The van der Waals surface area contributed by atoms with Gasteiger partial charge in [-0.25, -0.2) is 4.79 Å². The van der Waals surface area contributed by atoms with E-state index in [9.17, 15) is 14.9 Å². The lowest BCUT2D eigenvalue weighted by atomic mass is 10.1. The molecule has 2 aromatic rings. The van der Waals surface area contributed by atoms with E-state index in [1.807, 2.05) is 12.1 Å². The molecule has 0 fully saturated rings. The van der Waals surface area contributed by atoms with E-state index in [1.165, 1.54) is 32.4 Å². The number of hydrogen-bond acceptors (Lipinski definition) is 6. The molecule has 0 radical (unpaired) electrons. The summed E-state index contributed by atoms with van der Waals surface area (Å²) in [6.45, 7) is -0.343. The first-order chi connectivity index (χ1) is 13.5. The third-order valence-corrected chi connectivity index (χ3v) is 3.80. The molecular formula is C20H17ClN2O5. The number of para-hydroxylation sites is 1. The maximum atomic E-state index is 12.3. The number of amides is 1. The molecule has 144 valence electrons. The third-order valence-electron chi connectivity index (χ3n) is 3.52. The van der Waals surface area contributed by atoms with Gasteiger partial charge < -0.3 is 19.5 Å².